The minimum atomic E-state index is 0.659. The van der Waals surface area contributed by atoms with Crippen molar-refractivity contribution >= 4 is 27.4 Å². The molecule has 1 aromatic carbocycles. The number of anilines is 1. The van der Waals surface area contributed by atoms with E-state index in [1.54, 1.807) is 7.11 Å². The monoisotopic (exact) mass is 395 g/mol. The van der Waals surface area contributed by atoms with Crippen molar-refractivity contribution in [1.29, 1.82) is 5.26 Å². The van der Waals surface area contributed by atoms with Gasteiger partial charge in [0.15, 0.2) is 5.82 Å². The van der Waals surface area contributed by atoms with Gasteiger partial charge in [0.2, 0.25) is 0 Å². The Morgan fingerprint density at radius 1 is 1.14 bits per heavy atom. The van der Waals surface area contributed by atoms with Crippen molar-refractivity contribution < 1.29 is 4.74 Å². The van der Waals surface area contributed by atoms with E-state index in [2.05, 4.69) is 29.8 Å². The van der Waals surface area contributed by atoms with E-state index in [9.17, 15) is 5.26 Å². The summed E-state index contributed by atoms with van der Waals surface area (Å²) in [4.78, 5) is 15.6. The van der Waals surface area contributed by atoms with Gasteiger partial charge in [-0.15, -0.1) is 11.3 Å². The fraction of sp³-hybridized carbons (Fsp3) is 0.381. The van der Waals surface area contributed by atoms with Gasteiger partial charge in [0.25, 0.3) is 0 Å². The number of aryl methyl sites for hydroxylation is 1. The number of hydrogen-bond acceptors (Lipinski definition) is 7. The lowest BCUT2D eigenvalue weighted by Crippen LogP contribution is -2.31. The van der Waals surface area contributed by atoms with Crippen LogP contribution in [0.1, 0.15) is 17.4 Å². The first kappa shape index (κ1) is 20.1. The van der Waals surface area contributed by atoms with Gasteiger partial charge in [0.05, 0.1) is 12.5 Å². The molecular formula is C21H25N5OS. The number of likely N-dealkylation sites (N-methyl/N-ethyl adjacent to an activating group) is 2. The van der Waals surface area contributed by atoms with Crippen molar-refractivity contribution in [2.24, 2.45) is 0 Å². The topological polar surface area (TPSA) is 65.3 Å². The van der Waals surface area contributed by atoms with E-state index in [-0.39, 0.29) is 0 Å². The number of ether oxygens (including phenoxy) is 1. The molecule has 2 aromatic heterocycles. The molecule has 3 rings (SSSR count). The van der Waals surface area contributed by atoms with Crippen LogP contribution in [0.5, 0.6) is 5.75 Å². The summed E-state index contributed by atoms with van der Waals surface area (Å²) in [7, 11) is 5.80. The standard InChI is InChI=1S/C21H25N5OS/c1-6-25(3)11-12-26(4)20-18-14(2)17(13-22)28-21(18)24-19(23-20)15-7-9-16(27-5)10-8-15/h7-10H,6,11-12H2,1-5H3. The number of nitriles is 1. The molecule has 0 saturated heterocycles. The molecule has 0 aliphatic carbocycles. The maximum absolute atomic E-state index is 9.48. The first-order valence-corrected chi connectivity index (χ1v) is 10.1. The van der Waals surface area contributed by atoms with E-state index in [0.717, 1.165) is 52.5 Å². The Balaban J connectivity index is 2.10. The molecule has 0 radical (unpaired) electrons. The summed E-state index contributed by atoms with van der Waals surface area (Å²) >= 11 is 1.43. The molecule has 0 fully saturated rings. The van der Waals surface area contributed by atoms with Crippen LogP contribution < -0.4 is 9.64 Å². The third kappa shape index (κ3) is 3.93. The van der Waals surface area contributed by atoms with Crippen molar-refractivity contribution in [3.8, 4) is 23.2 Å². The van der Waals surface area contributed by atoms with Gasteiger partial charge in [-0.25, -0.2) is 9.97 Å². The van der Waals surface area contributed by atoms with Crippen LogP contribution in [0.25, 0.3) is 21.6 Å². The zero-order valence-electron chi connectivity index (χ0n) is 17.0. The molecule has 0 aliphatic heterocycles. The van der Waals surface area contributed by atoms with Crippen LogP contribution in [0.3, 0.4) is 0 Å². The highest BCUT2D eigenvalue weighted by atomic mass is 32.1. The number of hydrogen-bond donors (Lipinski definition) is 0. The minimum absolute atomic E-state index is 0.659. The fourth-order valence-electron chi connectivity index (χ4n) is 2.95. The summed E-state index contributed by atoms with van der Waals surface area (Å²) in [5.74, 6) is 2.32. The van der Waals surface area contributed by atoms with Gasteiger partial charge in [-0.1, -0.05) is 6.92 Å². The fourth-order valence-corrected chi connectivity index (χ4v) is 3.93. The first-order valence-electron chi connectivity index (χ1n) is 9.23. The van der Waals surface area contributed by atoms with Crippen molar-refractivity contribution in [2.75, 3.05) is 45.7 Å². The number of thiophene rings is 1. The molecule has 0 N–H and O–H groups in total. The van der Waals surface area contributed by atoms with E-state index in [1.165, 1.54) is 11.3 Å². The molecule has 28 heavy (non-hydrogen) atoms. The molecule has 0 unspecified atom stereocenters. The van der Waals surface area contributed by atoms with E-state index < -0.39 is 0 Å². The van der Waals surface area contributed by atoms with Crippen LogP contribution in [0, 0.1) is 18.3 Å². The van der Waals surface area contributed by atoms with E-state index >= 15 is 0 Å². The molecule has 0 bridgehead atoms. The van der Waals surface area contributed by atoms with Crippen molar-refractivity contribution in [3.63, 3.8) is 0 Å². The predicted molar refractivity (Wildman–Crippen MR) is 115 cm³/mol. The zero-order valence-corrected chi connectivity index (χ0v) is 17.8. The molecule has 0 atom stereocenters. The second kappa shape index (κ2) is 8.55. The third-order valence-electron chi connectivity index (χ3n) is 4.94. The van der Waals surface area contributed by atoms with Crippen LogP contribution in [0.4, 0.5) is 5.82 Å². The Morgan fingerprint density at radius 2 is 1.86 bits per heavy atom. The van der Waals surface area contributed by atoms with Gasteiger partial charge in [-0.3, -0.25) is 0 Å². The predicted octanol–water partition coefficient (Wildman–Crippen LogP) is 3.93. The normalized spacial score (nSPS) is 11.0. The average Bonchev–Trinajstić information content (AvgIpc) is 3.06. The molecule has 2 heterocycles. The van der Waals surface area contributed by atoms with Gasteiger partial charge in [0, 0.05) is 25.7 Å². The second-order valence-electron chi connectivity index (χ2n) is 6.76. The number of benzene rings is 1. The molecule has 146 valence electrons. The number of methoxy groups -OCH3 is 1. The lowest BCUT2D eigenvalue weighted by atomic mass is 10.1. The maximum atomic E-state index is 9.48. The van der Waals surface area contributed by atoms with Crippen LogP contribution >= 0.6 is 11.3 Å². The Morgan fingerprint density at radius 3 is 2.46 bits per heavy atom. The van der Waals surface area contributed by atoms with Crippen LogP contribution in [-0.2, 0) is 0 Å². The molecule has 3 aromatic rings. The Bertz CT molecular complexity index is 1010. The van der Waals surface area contributed by atoms with Gasteiger partial charge < -0.3 is 14.5 Å². The van der Waals surface area contributed by atoms with Crippen molar-refractivity contribution in [2.45, 2.75) is 13.8 Å². The number of rotatable bonds is 7. The van der Waals surface area contributed by atoms with Crippen LogP contribution in [-0.4, -0.2) is 55.7 Å². The van der Waals surface area contributed by atoms with E-state index in [4.69, 9.17) is 14.7 Å². The third-order valence-corrected chi connectivity index (χ3v) is 6.03. The van der Waals surface area contributed by atoms with Crippen molar-refractivity contribution in [3.05, 3.63) is 34.7 Å². The first-order chi connectivity index (χ1) is 13.5. The molecule has 6 nitrogen and oxygen atoms in total. The lowest BCUT2D eigenvalue weighted by molar-refractivity contribution is 0.360. The number of fused-ring (bicyclic) bond motifs is 1. The van der Waals surface area contributed by atoms with Crippen molar-refractivity contribution in [1.82, 2.24) is 14.9 Å². The average molecular weight is 396 g/mol. The highest BCUT2D eigenvalue weighted by Gasteiger charge is 2.19. The highest BCUT2D eigenvalue weighted by Crippen LogP contribution is 2.36. The molecule has 0 aliphatic rings. The van der Waals surface area contributed by atoms with Gasteiger partial charge in [-0.2, -0.15) is 5.26 Å². The summed E-state index contributed by atoms with van der Waals surface area (Å²) in [6, 6.07) is 10.0. The SMILES string of the molecule is CCN(C)CCN(C)c1nc(-c2ccc(OC)cc2)nc2sc(C#N)c(C)c12. The highest BCUT2D eigenvalue weighted by molar-refractivity contribution is 7.19. The Labute approximate surface area is 170 Å². The number of aromatic nitrogens is 2. The molecular weight excluding hydrogens is 370 g/mol. The molecule has 7 heteroatoms. The summed E-state index contributed by atoms with van der Waals surface area (Å²) in [5, 5.41) is 10.5. The molecule has 0 saturated carbocycles. The van der Waals surface area contributed by atoms with E-state index in [1.807, 2.05) is 38.2 Å². The van der Waals surface area contributed by atoms with Crippen LogP contribution in [0.15, 0.2) is 24.3 Å². The van der Waals surface area contributed by atoms with Gasteiger partial charge >= 0.3 is 0 Å². The number of nitrogens with zero attached hydrogens (tertiary/aromatic N) is 5. The quantitative estimate of drug-likeness (QED) is 0.604. The Hall–Kier alpha value is -2.69. The lowest BCUT2D eigenvalue weighted by Gasteiger charge is -2.23. The maximum Gasteiger partial charge on any atom is 0.163 e. The molecule has 0 spiro atoms. The zero-order chi connectivity index (χ0) is 20.3. The molecule has 0 amide bonds. The Kier molecular flexibility index (Phi) is 6.12. The van der Waals surface area contributed by atoms with Gasteiger partial charge in [-0.05, 0) is 50.3 Å². The van der Waals surface area contributed by atoms with Crippen LogP contribution in [0.2, 0.25) is 0 Å². The largest absolute Gasteiger partial charge is 0.497 e. The van der Waals surface area contributed by atoms with E-state index in [0.29, 0.717) is 10.7 Å². The second-order valence-corrected chi connectivity index (χ2v) is 7.76. The summed E-state index contributed by atoms with van der Waals surface area (Å²) in [6.07, 6.45) is 0. The smallest absolute Gasteiger partial charge is 0.163 e. The summed E-state index contributed by atoms with van der Waals surface area (Å²) in [5.41, 5.74) is 1.88. The summed E-state index contributed by atoms with van der Waals surface area (Å²) < 4.78 is 5.25. The van der Waals surface area contributed by atoms with Gasteiger partial charge in [0.1, 0.15) is 27.3 Å². The summed E-state index contributed by atoms with van der Waals surface area (Å²) in [6.45, 7) is 6.90. The minimum Gasteiger partial charge on any atom is -0.497 e.